The molecule has 474 valence electrons. The number of rotatable bonds is 61. The zero-order valence-corrected chi connectivity index (χ0v) is 55.8. The first-order valence-electron chi connectivity index (χ1n) is 35.1. The summed E-state index contributed by atoms with van der Waals surface area (Å²) in [5.41, 5.74) is 1.80. The van der Waals surface area contributed by atoms with Crippen LogP contribution in [0.3, 0.4) is 0 Å². The molecular formula is C73H128BrNO7. The third kappa shape index (κ3) is 40.4. The Labute approximate surface area is 514 Å². The van der Waals surface area contributed by atoms with Gasteiger partial charge < -0.3 is 28.6 Å². The van der Waals surface area contributed by atoms with E-state index in [1.807, 2.05) is 25.2 Å². The van der Waals surface area contributed by atoms with Gasteiger partial charge in [0.15, 0.2) is 11.5 Å². The highest BCUT2D eigenvalue weighted by Crippen LogP contribution is 2.40. The maximum absolute atomic E-state index is 14.3. The molecule has 0 fully saturated rings. The van der Waals surface area contributed by atoms with Gasteiger partial charge in [-0.1, -0.05) is 326 Å². The molecule has 0 aromatic heterocycles. The number of ether oxygens (including phenoxy) is 5. The molecule has 0 aliphatic heterocycles. The van der Waals surface area contributed by atoms with Gasteiger partial charge in [0.2, 0.25) is 5.75 Å². The van der Waals surface area contributed by atoms with Crippen molar-refractivity contribution in [3.8, 4) is 23.0 Å². The van der Waals surface area contributed by atoms with Gasteiger partial charge in [-0.05, 0) is 55.2 Å². The van der Waals surface area contributed by atoms with Gasteiger partial charge in [-0.15, -0.1) is 0 Å². The fourth-order valence-corrected chi connectivity index (χ4v) is 11.7. The van der Waals surface area contributed by atoms with Crippen LogP contribution in [0.4, 0.5) is 0 Å². The zero-order chi connectivity index (χ0) is 59.0. The monoisotopic (exact) mass is 1210 g/mol. The van der Waals surface area contributed by atoms with Crippen LogP contribution in [0.25, 0.3) is 0 Å². The predicted molar refractivity (Wildman–Crippen MR) is 354 cm³/mol. The second-order valence-corrected chi connectivity index (χ2v) is 24.8. The fourth-order valence-electron chi connectivity index (χ4n) is 11.2. The van der Waals surface area contributed by atoms with Crippen molar-refractivity contribution < 1.29 is 33.3 Å². The highest BCUT2D eigenvalue weighted by molar-refractivity contribution is 9.08. The highest BCUT2D eigenvalue weighted by Gasteiger charge is 2.22. The molecular weight excluding hydrogens is 1080 g/mol. The summed E-state index contributed by atoms with van der Waals surface area (Å²) in [6.45, 7) is 9.26. The van der Waals surface area contributed by atoms with E-state index in [9.17, 15) is 9.59 Å². The van der Waals surface area contributed by atoms with Gasteiger partial charge in [-0.2, -0.15) is 0 Å². The van der Waals surface area contributed by atoms with Crippen LogP contribution in [0.1, 0.15) is 355 Å². The average molecular weight is 1210 g/mol. The summed E-state index contributed by atoms with van der Waals surface area (Å²) in [5.74, 6) is 1.95. The van der Waals surface area contributed by atoms with Crippen molar-refractivity contribution in [3.63, 3.8) is 0 Å². The summed E-state index contributed by atoms with van der Waals surface area (Å²) in [5, 5.41) is 0.486. The Kier molecular flexibility index (Phi) is 51.2. The van der Waals surface area contributed by atoms with Crippen molar-refractivity contribution in [2.75, 3.05) is 47.1 Å². The lowest BCUT2D eigenvalue weighted by molar-refractivity contribution is 0.0599. The third-order valence-corrected chi connectivity index (χ3v) is 17.3. The Morgan fingerprint density at radius 3 is 1.00 bits per heavy atom. The minimum Gasteiger partial charge on any atom is -0.492 e. The summed E-state index contributed by atoms with van der Waals surface area (Å²) in [6, 6.07) is 9.09. The average Bonchev–Trinajstić information content (AvgIpc) is 3.58. The molecule has 0 heterocycles. The first-order chi connectivity index (χ1) is 40.4. The number of esters is 1. The summed E-state index contributed by atoms with van der Waals surface area (Å²) in [4.78, 5) is 28.3. The van der Waals surface area contributed by atoms with Gasteiger partial charge in [-0.3, -0.25) is 4.79 Å². The fraction of sp³-hybridized carbons (Fsp3) is 0.808. The number of carbonyl (C=O) groups is 2. The normalized spacial score (nSPS) is 11.3. The summed E-state index contributed by atoms with van der Waals surface area (Å²) < 4.78 is 31.1. The van der Waals surface area contributed by atoms with E-state index in [-0.39, 0.29) is 18.5 Å². The highest BCUT2D eigenvalue weighted by atomic mass is 79.9. The van der Waals surface area contributed by atoms with Crippen LogP contribution in [0.15, 0.2) is 30.3 Å². The maximum atomic E-state index is 14.3. The van der Waals surface area contributed by atoms with Crippen molar-refractivity contribution in [2.24, 2.45) is 0 Å². The van der Waals surface area contributed by atoms with Crippen LogP contribution in [-0.4, -0.2) is 63.9 Å². The molecule has 2 rings (SSSR count). The van der Waals surface area contributed by atoms with Crippen LogP contribution in [-0.2, 0) is 10.1 Å². The van der Waals surface area contributed by atoms with Crippen LogP contribution in [0, 0.1) is 0 Å². The molecule has 2 aromatic carbocycles. The maximum Gasteiger partial charge on any atom is 0.338 e. The minimum atomic E-state index is -0.385. The van der Waals surface area contributed by atoms with Gasteiger partial charge >= 0.3 is 5.97 Å². The largest absolute Gasteiger partial charge is 0.492 e. The van der Waals surface area contributed by atoms with Crippen LogP contribution in [0.5, 0.6) is 23.0 Å². The molecule has 9 heteroatoms. The molecule has 0 unspecified atom stereocenters. The smallest absolute Gasteiger partial charge is 0.338 e. The number of unbranched alkanes of at least 4 members (excludes halogenated alkanes) is 45. The van der Waals surface area contributed by atoms with Gasteiger partial charge in [0.05, 0.1) is 39.0 Å². The molecule has 1 amide bonds. The van der Waals surface area contributed by atoms with Gasteiger partial charge in [0.1, 0.15) is 12.4 Å². The first kappa shape index (κ1) is 75.2. The number of hydrogen-bond acceptors (Lipinski definition) is 7. The molecule has 0 saturated heterocycles. The molecule has 0 saturated carbocycles. The molecule has 8 nitrogen and oxygen atoms in total. The first-order valence-corrected chi connectivity index (χ1v) is 36.2. The number of amides is 1. The minimum absolute atomic E-state index is 0.130. The molecule has 82 heavy (non-hydrogen) atoms. The quantitative estimate of drug-likeness (QED) is 0.0371. The number of hydrogen-bond donors (Lipinski definition) is 0. The number of benzene rings is 2. The second kappa shape index (κ2) is 55.9. The van der Waals surface area contributed by atoms with Crippen molar-refractivity contribution in [3.05, 3.63) is 47.0 Å². The van der Waals surface area contributed by atoms with Gasteiger partial charge in [-0.25, -0.2) is 4.79 Å². The lowest BCUT2D eigenvalue weighted by atomic mass is 10.0. The molecule has 0 bridgehead atoms. The number of methoxy groups -OCH3 is 1. The summed E-state index contributed by atoms with van der Waals surface area (Å²) >= 11 is 3.49. The third-order valence-electron chi connectivity index (χ3n) is 16.7. The Morgan fingerprint density at radius 1 is 0.390 bits per heavy atom. The van der Waals surface area contributed by atoms with Crippen molar-refractivity contribution >= 4 is 27.8 Å². The van der Waals surface area contributed by atoms with Gasteiger partial charge in [0, 0.05) is 17.9 Å². The standard InChI is InChI=1S/C73H128BrNO7/c1-6-9-12-15-18-21-24-27-30-33-36-39-42-45-48-51-57-80-69-62-65(72(76)75(4)56-60-79-67-54-55-68(73(77)78-5)66(61-67)64-74)63-70(81-58-52-49-46-43-40-37-34-31-28-25-22-19-16-13-10-7-2)71(69)82-59-53-50-47-44-41-38-35-32-29-26-23-20-17-14-11-8-3/h54-55,61-63H,6-53,56-60,64H2,1-5H3. The Bertz CT molecular complexity index is 1710. The molecule has 0 N–H and O–H groups in total. The zero-order valence-electron chi connectivity index (χ0n) is 54.3. The van der Waals surface area contributed by atoms with Crippen molar-refractivity contribution in [2.45, 2.75) is 334 Å². The lowest BCUT2D eigenvalue weighted by Gasteiger charge is -2.21. The SMILES string of the molecule is CCCCCCCCCCCCCCCCCCOc1cc(C(=O)N(C)CCOc2ccc(C(=O)OC)c(CBr)c2)cc(OCCCCCCCCCCCCCCCCCC)c1OCCCCCCCCCCCCCCCCCC. The topological polar surface area (TPSA) is 83.5 Å². The van der Waals surface area contributed by atoms with E-state index in [1.165, 1.54) is 277 Å². The Morgan fingerprint density at radius 2 is 0.695 bits per heavy atom. The molecule has 0 atom stereocenters. The van der Waals surface area contributed by atoms with Crippen LogP contribution in [0.2, 0.25) is 0 Å². The lowest BCUT2D eigenvalue weighted by Crippen LogP contribution is -2.31. The summed E-state index contributed by atoms with van der Waals surface area (Å²) in [7, 11) is 3.19. The van der Waals surface area contributed by atoms with E-state index >= 15 is 0 Å². The molecule has 0 radical (unpaired) electrons. The number of nitrogens with zero attached hydrogens (tertiary/aromatic N) is 1. The molecule has 2 aromatic rings. The number of halogens is 1. The van der Waals surface area contributed by atoms with E-state index in [2.05, 4.69) is 36.7 Å². The Balaban J connectivity index is 2.05. The number of likely N-dealkylation sites (N-methyl/N-ethyl adjacent to an activating group) is 1. The van der Waals surface area contributed by atoms with Crippen molar-refractivity contribution in [1.82, 2.24) is 4.90 Å². The summed E-state index contributed by atoms with van der Waals surface area (Å²) in [6.07, 6.45) is 63.6. The van der Waals surface area contributed by atoms with E-state index in [0.717, 1.165) is 44.1 Å². The molecule has 0 spiro atoms. The van der Waals surface area contributed by atoms with Gasteiger partial charge in [0.25, 0.3) is 5.91 Å². The van der Waals surface area contributed by atoms with E-state index < -0.39 is 0 Å². The number of carbonyl (C=O) groups excluding carboxylic acids is 2. The van der Waals surface area contributed by atoms with E-state index in [1.54, 1.807) is 17.0 Å². The van der Waals surface area contributed by atoms with E-state index in [0.29, 0.717) is 65.8 Å². The Hall–Kier alpha value is -2.94. The number of alkyl halides is 1. The van der Waals surface area contributed by atoms with Crippen molar-refractivity contribution in [1.29, 1.82) is 0 Å². The van der Waals surface area contributed by atoms with Crippen LogP contribution >= 0.6 is 15.9 Å². The molecule has 0 aliphatic carbocycles. The van der Waals surface area contributed by atoms with Crippen LogP contribution < -0.4 is 18.9 Å². The second-order valence-electron chi connectivity index (χ2n) is 24.3. The molecule has 0 aliphatic rings. The van der Waals surface area contributed by atoms with E-state index in [4.69, 9.17) is 23.7 Å². The predicted octanol–water partition coefficient (Wildman–Crippen LogP) is 23.4.